The topological polar surface area (TPSA) is 59.3 Å². The van der Waals surface area contributed by atoms with Gasteiger partial charge in [0.05, 0.1) is 10.8 Å². The van der Waals surface area contributed by atoms with Crippen LogP contribution >= 0.6 is 11.8 Å². The Morgan fingerprint density at radius 1 is 1.15 bits per heavy atom. The summed E-state index contributed by atoms with van der Waals surface area (Å²) in [4.78, 5) is 12.5. The molecule has 0 aliphatic carbocycles. The maximum atomic E-state index is 13.0. The van der Waals surface area contributed by atoms with Crippen LogP contribution in [0.25, 0.3) is 16.6 Å². The molecule has 5 nitrogen and oxygen atoms in total. The van der Waals surface area contributed by atoms with Gasteiger partial charge in [-0.3, -0.25) is 9.20 Å². The van der Waals surface area contributed by atoms with E-state index in [-0.39, 0.29) is 11.7 Å². The van der Waals surface area contributed by atoms with Crippen LogP contribution in [0.1, 0.15) is 12.5 Å². The van der Waals surface area contributed by atoms with Crippen molar-refractivity contribution in [2.45, 2.75) is 24.3 Å². The van der Waals surface area contributed by atoms with E-state index in [4.69, 9.17) is 0 Å². The molecule has 1 atom stereocenters. The Morgan fingerprint density at radius 3 is 2.67 bits per heavy atom. The van der Waals surface area contributed by atoms with E-state index in [2.05, 4.69) is 21.6 Å². The molecule has 0 saturated carbocycles. The Morgan fingerprint density at radius 2 is 1.89 bits per heavy atom. The lowest BCUT2D eigenvalue weighted by atomic mass is 10.1. The molecule has 0 aliphatic rings. The maximum Gasteiger partial charge on any atom is 0.237 e. The summed E-state index contributed by atoms with van der Waals surface area (Å²) in [5, 5.41) is 12.7. The summed E-state index contributed by atoms with van der Waals surface area (Å²) < 4.78 is 15.0. The zero-order valence-electron chi connectivity index (χ0n) is 14.8. The fraction of sp³-hybridized carbons (Fsp3) is 0.150. The number of carbonyl (C=O) groups is 1. The van der Waals surface area contributed by atoms with E-state index < -0.39 is 5.25 Å². The maximum absolute atomic E-state index is 13.0. The summed E-state index contributed by atoms with van der Waals surface area (Å²) in [5.41, 5.74) is 3.44. The Kier molecular flexibility index (Phi) is 4.53. The molecule has 0 saturated heterocycles. The minimum atomic E-state index is -0.400. The molecular formula is C20H17FN4OS. The molecule has 0 radical (unpaired) electrons. The van der Waals surface area contributed by atoms with Crippen molar-refractivity contribution < 1.29 is 9.18 Å². The molecule has 0 fully saturated rings. The van der Waals surface area contributed by atoms with Gasteiger partial charge in [0.1, 0.15) is 5.82 Å². The van der Waals surface area contributed by atoms with Crippen molar-refractivity contribution in [1.82, 2.24) is 14.6 Å². The van der Waals surface area contributed by atoms with Gasteiger partial charge >= 0.3 is 0 Å². The zero-order valence-corrected chi connectivity index (χ0v) is 15.6. The van der Waals surface area contributed by atoms with Crippen LogP contribution in [-0.2, 0) is 4.79 Å². The molecule has 2 aromatic heterocycles. The van der Waals surface area contributed by atoms with Gasteiger partial charge in [-0.2, -0.15) is 0 Å². The number of pyridine rings is 1. The lowest BCUT2D eigenvalue weighted by Gasteiger charge is -2.12. The number of amides is 1. The summed E-state index contributed by atoms with van der Waals surface area (Å²) in [6.07, 6.45) is 0. The molecule has 2 aromatic carbocycles. The Labute approximate surface area is 159 Å². The standard InChI is InChI=1S/C20H17FN4OS/c1-12-11-18-23-24-20(25(18)17-6-4-3-5-16(12)17)27-13(2)19(26)22-15-9-7-14(21)8-10-15/h3-11,13H,1-2H3,(H,22,26)/t13-/m1/s1. The monoisotopic (exact) mass is 380 g/mol. The quantitative estimate of drug-likeness (QED) is 0.532. The lowest BCUT2D eigenvalue weighted by Crippen LogP contribution is -2.22. The van der Waals surface area contributed by atoms with E-state index >= 15 is 0 Å². The molecule has 136 valence electrons. The highest BCUT2D eigenvalue weighted by molar-refractivity contribution is 8.00. The van der Waals surface area contributed by atoms with Gasteiger partial charge in [0.2, 0.25) is 5.91 Å². The number of rotatable bonds is 4. The SMILES string of the molecule is Cc1cc2nnc(S[C@H](C)C(=O)Nc3ccc(F)cc3)n2c2ccccc12. The van der Waals surface area contributed by atoms with Crippen LogP contribution in [0.5, 0.6) is 0 Å². The number of carbonyl (C=O) groups excluding carboxylic acids is 1. The number of halogens is 1. The summed E-state index contributed by atoms with van der Waals surface area (Å²) >= 11 is 1.33. The van der Waals surface area contributed by atoms with Crippen molar-refractivity contribution >= 4 is 39.9 Å². The molecule has 2 heterocycles. The van der Waals surface area contributed by atoms with Crippen molar-refractivity contribution in [3.63, 3.8) is 0 Å². The number of anilines is 1. The number of nitrogens with zero attached hydrogens (tertiary/aromatic N) is 3. The van der Waals surface area contributed by atoms with E-state index in [1.54, 1.807) is 6.92 Å². The van der Waals surface area contributed by atoms with Crippen LogP contribution in [0, 0.1) is 12.7 Å². The normalized spacial score (nSPS) is 12.4. The van der Waals surface area contributed by atoms with E-state index in [1.807, 2.05) is 35.6 Å². The minimum Gasteiger partial charge on any atom is -0.325 e. The van der Waals surface area contributed by atoms with Gasteiger partial charge < -0.3 is 5.32 Å². The van der Waals surface area contributed by atoms with E-state index in [0.717, 1.165) is 22.1 Å². The highest BCUT2D eigenvalue weighted by Gasteiger charge is 2.19. The smallest absolute Gasteiger partial charge is 0.237 e. The van der Waals surface area contributed by atoms with Gasteiger partial charge in [-0.05, 0) is 55.8 Å². The summed E-state index contributed by atoms with van der Waals surface area (Å²) in [5.74, 6) is -0.521. The average molecular weight is 380 g/mol. The number of hydrogen-bond acceptors (Lipinski definition) is 4. The summed E-state index contributed by atoms with van der Waals surface area (Å²) in [6.45, 7) is 3.85. The molecule has 0 bridgehead atoms. The molecule has 4 rings (SSSR count). The van der Waals surface area contributed by atoms with Crippen molar-refractivity contribution in [3.05, 3.63) is 66.0 Å². The second-order valence-corrected chi connectivity index (χ2v) is 7.58. The Bertz CT molecular complexity index is 1140. The van der Waals surface area contributed by atoms with Crippen LogP contribution in [0.3, 0.4) is 0 Å². The predicted octanol–water partition coefficient (Wildman–Crippen LogP) is 4.45. The van der Waals surface area contributed by atoms with Gasteiger partial charge in [-0.15, -0.1) is 10.2 Å². The third kappa shape index (κ3) is 3.38. The van der Waals surface area contributed by atoms with Gasteiger partial charge in [0.25, 0.3) is 0 Å². The minimum absolute atomic E-state index is 0.181. The molecule has 0 spiro atoms. The summed E-state index contributed by atoms with van der Waals surface area (Å²) in [7, 11) is 0. The molecular weight excluding hydrogens is 363 g/mol. The fourth-order valence-electron chi connectivity index (χ4n) is 2.94. The zero-order chi connectivity index (χ0) is 19.0. The van der Waals surface area contributed by atoms with E-state index in [9.17, 15) is 9.18 Å². The number of hydrogen-bond donors (Lipinski definition) is 1. The van der Waals surface area contributed by atoms with Crippen molar-refractivity contribution in [3.8, 4) is 0 Å². The van der Waals surface area contributed by atoms with Crippen LogP contribution in [-0.4, -0.2) is 25.8 Å². The van der Waals surface area contributed by atoms with Crippen LogP contribution in [0.15, 0.2) is 59.8 Å². The number of benzene rings is 2. The van der Waals surface area contributed by atoms with E-state index in [0.29, 0.717) is 10.8 Å². The second kappa shape index (κ2) is 7.00. The molecule has 1 amide bonds. The Balaban J connectivity index is 1.62. The predicted molar refractivity (Wildman–Crippen MR) is 106 cm³/mol. The van der Waals surface area contributed by atoms with Gasteiger partial charge in [0.15, 0.2) is 10.8 Å². The second-order valence-electron chi connectivity index (χ2n) is 6.28. The fourth-order valence-corrected chi connectivity index (χ4v) is 3.81. The first-order valence-electron chi connectivity index (χ1n) is 8.49. The van der Waals surface area contributed by atoms with Crippen molar-refractivity contribution in [1.29, 1.82) is 0 Å². The molecule has 0 aliphatic heterocycles. The Hall–Kier alpha value is -2.93. The highest BCUT2D eigenvalue weighted by atomic mass is 32.2. The number of nitrogens with one attached hydrogen (secondary N) is 1. The number of thioether (sulfide) groups is 1. The number of fused-ring (bicyclic) bond motifs is 3. The molecule has 1 N–H and O–H groups in total. The average Bonchev–Trinajstić information content (AvgIpc) is 3.06. The largest absolute Gasteiger partial charge is 0.325 e. The number of aromatic nitrogens is 3. The molecule has 27 heavy (non-hydrogen) atoms. The van der Waals surface area contributed by atoms with Crippen LogP contribution < -0.4 is 5.32 Å². The third-order valence-corrected chi connectivity index (χ3v) is 5.38. The van der Waals surface area contributed by atoms with Crippen LogP contribution in [0.2, 0.25) is 0 Å². The summed E-state index contributed by atoms with van der Waals surface area (Å²) in [6, 6.07) is 15.7. The van der Waals surface area contributed by atoms with Gasteiger partial charge in [-0.25, -0.2) is 4.39 Å². The van der Waals surface area contributed by atoms with Crippen molar-refractivity contribution in [2.24, 2.45) is 0 Å². The van der Waals surface area contributed by atoms with Gasteiger partial charge in [-0.1, -0.05) is 30.0 Å². The van der Waals surface area contributed by atoms with Crippen molar-refractivity contribution in [2.75, 3.05) is 5.32 Å². The molecule has 0 unspecified atom stereocenters. The molecule has 7 heteroatoms. The third-order valence-electron chi connectivity index (χ3n) is 4.34. The first-order valence-corrected chi connectivity index (χ1v) is 9.37. The van der Waals surface area contributed by atoms with Crippen LogP contribution in [0.4, 0.5) is 10.1 Å². The highest BCUT2D eigenvalue weighted by Crippen LogP contribution is 2.28. The first-order chi connectivity index (χ1) is 13.0. The number of para-hydroxylation sites is 1. The van der Waals surface area contributed by atoms with Gasteiger partial charge in [0, 0.05) is 11.1 Å². The van der Waals surface area contributed by atoms with E-state index in [1.165, 1.54) is 36.0 Å². The molecule has 4 aromatic rings. The number of aryl methyl sites for hydroxylation is 1. The first kappa shape index (κ1) is 17.5. The lowest BCUT2D eigenvalue weighted by molar-refractivity contribution is -0.115.